The molecule has 1 unspecified atom stereocenters. The van der Waals surface area contributed by atoms with Crippen LogP contribution in [0.25, 0.3) is 0 Å². The van der Waals surface area contributed by atoms with Gasteiger partial charge >= 0.3 is 0 Å². The van der Waals surface area contributed by atoms with Crippen molar-refractivity contribution in [2.75, 3.05) is 19.1 Å². The van der Waals surface area contributed by atoms with Crippen molar-refractivity contribution in [3.8, 4) is 11.5 Å². The lowest BCUT2D eigenvalue weighted by molar-refractivity contribution is -0.121. The number of carbonyl (C=O) groups is 3. The van der Waals surface area contributed by atoms with Crippen LogP contribution in [0.3, 0.4) is 0 Å². The fourth-order valence-corrected chi connectivity index (χ4v) is 2.82. The molecule has 1 aliphatic heterocycles. The number of imide groups is 1. The zero-order chi connectivity index (χ0) is 19.4. The normalized spacial score (nSPS) is 16.4. The van der Waals surface area contributed by atoms with Crippen LogP contribution in [-0.4, -0.2) is 38.0 Å². The molecule has 1 saturated heterocycles. The van der Waals surface area contributed by atoms with E-state index in [4.69, 9.17) is 9.47 Å². The monoisotopic (exact) mass is 369 g/mol. The fraction of sp³-hybridized carbons (Fsp3) is 0.211. The summed E-state index contributed by atoms with van der Waals surface area (Å²) in [6.07, 6.45) is -0.0672. The van der Waals surface area contributed by atoms with Crippen molar-refractivity contribution in [2.24, 2.45) is 0 Å². The number of hydrogen-bond donors (Lipinski definition) is 2. The highest BCUT2D eigenvalue weighted by molar-refractivity contribution is 6.22. The molecule has 0 spiro atoms. The third-order valence-electron chi connectivity index (χ3n) is 4.17. The molecule has 0 bridgehead atoms. The Balaban J connectivity index is 1.69. The molecule has 0 saturated carbocycles. The number of amides is 3. The average Bonchev–Trinajstić information content (AvgIpc) is 2.99. The van der Waals surface area contributed by atoms with Crippen molar-refractivity contribution in [2.45, 2.75) is 12.5 Å². The molecule has 140 valence electrons. The van der Waals surface area contributed by atoms with Gasteiger partial charge in [-0.2, -0.15) is 0 Å². The Bertz CT molecular complexity index is 883. The minimum atomic E-state index is -0.859. The van der Waals surface area contributed by atoms with E-state index < -0.39 is 17.9 Å². The summed E-state index contributed by atoms with van der Waals surface area (Å²) in [5.74, 6) is -0.337. The van der Waals surface area contributed by atoms with Gasteiger partial charge in [0.05, 0.1) is 31.9 Å². The van der Waals surface area contributed by atoms with Crippen LogP contribution >= 0.6 is 0 Å². The smallest absolute Gasteiger partial charge is 0.269 e. The van der Waals surface area contributed by atoms with Gasteiger partial charge in [-0.3, -0.25) is 19.8 Å². The van der Waals surface area contributed by atoms with Gasteiger partial charge < -0.3 is 9.47 Å². The number of ether oxygens (including phenoxy) is 2. The van der Waals surface area contributed by atoms with E-state index >= 15 is 0 Å². The predicted octanol–water partition coefficient (Wildman–Crippen LogP) is 1.27. The van der Waals surface area contributed by atoms with Crippen molar-refractivity contribution in [3.05, 3.63) is 54.1 Å². The molecule has 1 atom stereocenters. The lowest BCUT2D eigenvalue weighted by Gasteiger charge is -2.17. The van der Waals surface area contributed by atoms with E-state index in [0.29, 0.717) is 22.7 Å². The standard InChI is InChI=1S/C19H19N3O5/c1-26-13-7-5-6-12(10-13)22-17(23)11-15(19(22)25)20-21-18(24)14-8-3-4-9-16(14)27-2/h3-10,15,20H,11H2,1-2H3,(H,21,24). The fourth-order valence-electron chi connectivity index (χ4n) is 2.82. The lowest BCUT2D eigenvalue weighted by Crippen LogP contribution is -2.48. The molecule has 2 N–H and O–H groups in total. The minimum absolute atomic E-state index is 0.0672. The van der Waals surface area contributed by atoms with Gasteiger partial charge in [-0.1, -0.05) is 18.2 Å². The molecular formula is C19H19N3O5. The van der Waals surface area contributed by atoms with Gasteiger partial charge in [-0.15, -0.1) is 0 Å². The van der Waals surface area contributed by atoms with Crippen LogP contribution in [0, 0.1) is 0 Å². The number of nitrogens with zero attached hydrogens (tertiary/aromatic N) is 1. The third kappa shape index (κ3) is 3.75. The van der Waals surface area contributed by atoms with Gasteiger partial charge in [-0.25, -0.2) is 10.3 Å². The van der Waals surface area contributed by atoms with E-state index in [2.05, 4.69) is 10.9 Å². The second-order valence-electron chi connectivity index (χ2n) is 5.82. The Morgan fingerprint density at radius 1 is 1.07 bits per heavy atom. The summed E-state index contributed by atoms with van der Waals surface area (Å²) in [5.41, 5.74) is 5.84. The molecule has 3 rings (SSSR count). The van der Waals surface area contributed by atoms with Crippen molar-refractivity contribution in [3.63, 3.8) is 0 Å². The van der Waals surface area contributed by atoms with Crippen LogP contribution < -0.4 is 25.2 Å². The van der Waals surface area contributed by atoms with Crippen LogP contribution in [-0.2, 0) is 9.59 Å². The zero-order valence-electron chi connectivity index (χ0n) is 14.9. The average molecular weight is 369 g/mol. The highest BCUT2D eigenvalue weighted by Gasteiger charge is 2.40. The number of hydrogen-bond acceptors (Lipinski definition) is 6. The molecule has 1 aliphatic rings. The molecule has 8 nitrogen and oxygen atoms in total. The van der Waals surface area contributed by atoms with E-state index in [9.17, 15) is 14.4 Å². The van der Waals surface area contributed by atoms with E-state index in [0.717, 1.165) is 4.90 Å². The summed E-state index contributed by atoms with van der Waals surface area (Å²) in [6.45, 7) is 0. The number of rotatable bonds is 6. The first kappa shape index (κ1) is 18.4. The molecule has 3 amide bonds. The van der Waals surface area contributed by atoms with Crippen molar-refractivity contribution >= 4 is 23.4 Å². The minimum Gasteiger partial charge on any atom is -0.497 e. The summed E-state index contributed by atoms with van der Waals surface area (Å²) < 4.78 is 10.3. The summed E-state index contributed by atoms with van der Waals surface area (Å²) in [6, 6.07) is 12.5. The molecule has 0 aliphatic carbocycles. The van der Waals surface area contributed by atoms with Gasteiger partial charge in [0.2, 0.25) is 5.91 Å². The highest BCUT2D eigenvalue weighted by Crippen LogP contribution is 2.26. The molecule has 0 aromatic heterocycles. The van der Waals surface area contributed by atoms with Gasteiger partial charge in [-0.05, 0) is 24.3 Å². The maximum atomic E-state index is 12.6. The number of hydrazine groups is 1. The topological polar surface area (TPSA) is 97.0 Å². The van der Waals surface area contributed by atoms with Gasteiger partial charge in [0.25, 0.3) is 11.8 Å². The maximum Gasteiger partial charge on any atom is 0.269 e. The molecule has 1 fully saturated rings. The Morgan fingerprint density at radius 3 is 2.59 bits per heavy atom. The van der Waals surface area contributed by atoms with Gasteiger partial charge in [0.15, 0.2) is 0 Å². The Kier molecular flexibility index (Phi) is 5.37. The maximum absolute atomic E-state index is 12.6. The molecule has 1 heterocycles. The van der Waals surface area contributed by atoms with Crippen LogP contribution in [0.5, 0.6) is 11.5 Å². The van der Waals surface area contributed by atoms with Crippen LogP contribution in [0.15, 0.2) is 48.5 Å². The Labute approximate surface area is 156 Å². The van der Waals surface area contributed by atoms with E-state index in [-0.39, 0.29) is 12.3 Å². The number of benzene rings is 2. The van der Waals surface area contributed by atoms with Crippen molar-refractivity contribution in [1.82, 2.24) is 10.9 Å². The zero-order valence-corrected chi connectivity index (χ0v) is 14.9. The van der Waals surface area contributed by atoms with E-state index in [1.165, 1.54) is 14.2 Å². The second kappa shape index (κ2) is 7.88. The number of nitrogens with one attached hydrogen (secondary N) is 2. The number of anilines is 1. The van der Waals surface area contributed by atoms with Gasteiger partial charge in [0, 0.05) is 6.07 Å². The highest BCUT2D eigenvalue weighted by atomic mass is 16.5. The van der Waals surface area contributed by atoms with Crippen LogP contribution in [0.4, 0.5) is 5.69 Å². The third-order valence-corrected chi connectivity index (χ3v) is 4.17. The first-order valence-electron chi connectivity index (χ1n) is 8.25. The molecule has 0 radical (unpaired) electrons. The predicted molar refractivity (Wildman–Crippen MR) is 97.5 cm³/mol. The molecular weight excluding hydrogens is 350 g/mol. The van der Waals surface area contributed by atoms with Gasteiger partial charge in [0.1, 0.15) is 17.5 Å². The second-order valence-corrected chi connectivity index (χ2v) is 5.82. The number of carbonyl (C=O) groups excluding carboxylic acids is 3. The Hall–Kier alpha value is -3.39. The largest absolute Gasteiger partial charge is 0.497 e. The van der Waals surface area contributed by atoms with Crippen molar-refractivity contribution < 1.29 is 23.9 Å². The first-order chi connectivity index (χ1) is 13.0. The summed E-state index contributed by atoms with van der Waals surface area (Å²) in [7, 11) is 2.97. The van der Waals surface area contributed by atoms with Crippen molar-refractivity contribution in [1.29, 1.82) is 0 Å². The Morgan fingerprint density at radius 2 is 1.85 bits per heavy atom. The summed E-state index contributed by atoms with van der Waals surface area (Å²) in [4.78, 5) is 38.3. The molecule has 27 heavy (non-hydrogen) atoms. The SMILES string of the molecule is COc1cccc(N2C(=O)CC(NNC(=O)c3ccccc3OC)C2=O)c1. The van der Waals surface area contributed by atoms with Crippen LogP contribution in [0.1, 0.15) is 16.8 Å². The summed E-state index contributed by atoms with van der Waals surface area (Å²) in [5, 5.41) is 0. The number of para-hydroxylation sites is 1. The van der Waals surface area contributed by atoms with E-state index in [1.54, 1.807) is 48.5 Å². The quantitative estimate of drug-likeness (QED) is 0.588. The first-order valence-corrected chi connectivity index (χ1v) is 8.25. The molecule has 2 aromatic carbocycles. The number of methoxy groups -OCH3 is 2. The summed E-state index contributed by atoms with van der Waals surface area (Å²) >= 11 is 0. The van der Waals surface area contributed by atoms with E-state index in [1.807, 2.05) is 0 Å². The lowest BCUT2D eigenvalue weighted by atomic mass is 10.2. The molecule has 2 aromatic rings. The molecule has 8 heteroatoms. The van der Waals surface area contributed by atoms with Crippen LogP contribution in [0.2, 0.25) is 0 Å².